The van der Waals surface area contributed by atoms with Gasteiger partial charge in [-0.15, -0.1) is 0 Å². The molecule has 140 valence electrons. The number of hydrogen-bond acceptors (Lipinski definition) is 5. The summed E-state index contributed by atoms with van der Waals surface area (Å²) < 4.78 is 5.10. The monoisotopic (exact) mass is 362 g/mol. The number of ether oxygens (including phenoxy) is 1. The summed E-state index contributed by atoms with van der Waals surface area (Å²) in [5.74, 6) is -0.669. The highest BCUT2D eigenvalue weighted by Gasteiger charge is 2.51. The molecule has 1 heterocycles. The van der Waals surface area contributed by atoms with Gasteiger partial charge in [-0.05, 0) is 31.0 Å². The normalized spacial score (nSPS) is 19.1. The number of hydrogen-bond donors (Lipinski definition) is 3. The number of carbonyl (C=O) groups excluding carboxylic acids is 4. The molecule has 9 heteroatoms. The van der Waals surface area contributed by atoms with Crippen LogP contribution in [0.1, 0.15) is 25.8 Å². The van der Waals surface area contributed by atoms with Gasteiger partial charge in [-0.3, -0.25) is 19.8 Å². The number of amides is 6. The van der Waals surface area contributed by atoms with Gasteiger partial charge in [0.1, 0.15) is 17.8 Å². The second-order valence-corrected chi connectivity index (χ2v) is 5.72. The molecule has 1 aromatic carbocycles. The number of benzene rings is 1. The molecule has 3 N–H and O–H groups in total. The summed E-state index contributed by atoms with van der Waals surface area (Å²) in [4.78, 5) is 49.3. The van der Waals surface area contributed by atoms with Crippen molar-refractivity contribution in [2.75, 3.05) is 20.2 Å². The number of urea groups is 2. The van der Waals surface area contributed by atoms with Gasteiger partial charge in [0.2, 0.25) is 5.91 Å². The summed E-state index contributed by atoms with van der Waals surface area (Å²) in [7, 11) is 1.53. The minimum Gasteiger partial charge on any atom is -0.497 e. The first-order valence-corrected chi connectivity index (χ1v) is 8.24. The van der Waals surface area contributed by atoms with Crippen molar-refractivity contribution in [3.63, 3.8) is 0 Å². The fourth-order valence-electron chi connectivity index (χ4n) is 2.80. The molecule has 1 aliphatic rings. The van der Waals surface area contributed by atoms with E-state index in [2.05, 4.69) is 16.0 Å². The van der Waals surface area contributed by atoms with E-state index in [1.807, 2.05) is 0 Å². The SMILES string of the molecule is CCNC(=O)NC(=O)CN1C(=O)NC(CC)(c2ccc(OC)cc2)C1=O. The third-order valence-corrected chi connectivity index (χ3v) is 4.18. The van der Waals surface area contributed by atoms with Crippen LogP contribution in [0.3, 0.4) is 0 Å². The van der Waals surface area contributed by atoms with Crippen LogP contribution in [0.25, 0.3) is 0 Å². The number of rotatable bonds is 6. The number of methoxy groups -OCH3 is 1. The second kappa shape index (κ2) is 7.85. The Morgan fingerprint density at radius 3 is 2.38 bits per heavy atom. The third kappa shape index (κ3) is 3.61. The van der Waals surface area contributed by atoms with E-state index in [0.29, 0.717) is 24.3 Å². The molecule has 0 saturated carbocycles. The van der Waals surface area contributed by atoms with Gasteiger partial charge in [0.15, 0.2) is 0 Å². The third-order valence-electron chi connectivity index (χ3n) is 4.18. The fourth-order valence-corrected chi connectivity index (χ4v) is 2.80. The standard InChI is InChI=1S/C17H22N4O5/c1-4-17(11-6-8-12(26-3)9-7-11)14(23)21(16(25)20-17)10-13(22)19-15(24)18-5-2/h6-9H,4-5,10H2,1-3H3,(H,20,25)(H2,18,19,22,24). The van der Waals surface area contributed by atoms with E-state index in [0.717, 1.165) is 4.90 Å². The smallest absolute Gasteiger partial charge is 0.325 e. The fraction of sp³-hybridized carbons (Fsp3) is 0.412. The van der Waals surface area contributed by atoms with Gasteiger partial charge in [-0.1, -0.05) is 19.1 Å². The topological polar surface area (TPSA) is 117 Å². The van der Waals surface area contributed by atoms with Gasteiger partial charge in [-0.2, -0.15) is 0 Å². The van der Waals surface area contributed by atoms with Gasteiger partial charge in [0.25, 0.3) is 5.91 Å². The van der Waals surface area contributed by atoms with Crippen molar-refractivity contribution in [2.24, 2.45) is 0 Å². The Hall–Kier alpha value is -3.10. The molecule has 26 heavy (non-hydrogen) atoms. The van der Waals surface area contributed by atoms with Crippen LogP contribution in [-0.4, -0.2) is 49.0 Å². The summed E-state index contributed by atoms with van der Waals surface area (Å²) in [5.41, 5.74) is -0.666. The zero-order chi connectivity index (χ0) is 19.3. The molecule has 1 saturated heterocycles. The summed E-state index contributed by atoms with van der Waals surface area (Å²) in [6.45, 7) is 3.27. The molecule has 0 aromatic heterocycles. The molecule has 0 bridgehead atoms. The van der Waals surface area contributed by atoms with Crippen LogP contribution in [0, 0.1) is 0 Å². The summed E-state index contributed by atoms with van der Waals surface area (Å²) >= 11 is 0. The van der Waals surface area contributed by atoms with Crippen LogP contribution in [-0.2, 0) is 15.1 Å². The highest BCUT2D eigenvalue weighted by molar-refractivity contribution is 6.10. The van der Waals surface area contributed by atoms with Crippen molar-refractivity contribution in [3.05, 3.63) is 29.8 Å². The zero-order valence-corrected chi connectivity index (χ0v) is 14.9. The van der Waals surface area contributed by atoms with Gasteiger partial charge < -0.3 is 15.4 Å². The number of imide groups is 2. The van der Waals surface area contributed by atoms with Crippen molar-refractivity contribution in [3.8, 4) is 5.75 Å². The van der Waals surface area contributed by atoms with Gasteiger partial charge in [-0.25, -0.2) is 9.59 Å². The minimum atomic E-state index is -1.25. The molecular weight excluding hydrogens is 340 g/mol. The predicted molar refractivity (Wildman–Crippen MR) is 92.4 cm³/mol. The molecule has 1 unspecified atom stereocenters. The molecule has 1 aliphatic heterocycles. The Bertz CT molecular complexity index is 718. The van der Waals surface area contributed by atoms with E-state index >= 15 is 0 Å². The number of carbonyl (C=O) groups is 4. The van der Waals surface area contributed by atoms with Crippen LogP contribution in [0.4, 0.5) is 9.59 Å². The second-order valence-electron chi connectivity index (χ2n) is 5.72. The van der Waals surface area contributed by atoms with E-state index in [1.165, 1.54) is 7.11 Å². The van der Waals surface area contributed by atoms with Crippen LogP contribution in [0.15, 0.2) is 24.3 Å². The van der Waals surface area contributed by atoms with Crippen molar-refractivity contribution < 1.29 is 23.9 Å². The number of nitrogens with one attached hydrogen (secondary N) is 3. The zero-order valence-electron chi connectivity index (χ0n) is 14.9. The average molecular weight is 362 g/mol. The summed E-state index contributed by atoms with van der Waals surface area (Å²) in [5, 5.41) is 7.14. The average Bonchev–Trinajstić information content (AvgIpc) is 2.87. The molecule has 1 atom stereocenters. The maximum Gasteiger partial charge on any atom is 0.325 e. The number of nitrogens with zero attached hydrogens (tertiary/aromatic N) is 1. The van der Waals surface area contributed by atoms with Crippen LogP contribution in [0.2, 0.25) is 0 Å². The van der Waals surface area contributed by atoms with Gasteiger partial charge >= 0.3 is 12.1 Å². The van der Waals surface area contributed by atoms with Crippen molar-refractivity contribution in [1.82, 2.24) is 20.9 Å². The first-order chi connectivity index (χ1) is 12.4. The molecular formula is C17H22N4O5. The van der Waals surface area contributed by atoms with Crippen molar-refractivity contribution >= 4 is 23.9 Å². The first-order valence-electron chi connectivity index (χ1n) is 8.24. The quantitative estimate of drug-likeness (QED) is 0.644. The molecule has 0 aliphatic carbocycles. The maximum absolute atomic E-state index is 12.9. The molecule has 0 radical (unpaired) electrons. The van der Waals surface area contributed by atoms with Crippen molar-refractivity contribution in [1.29, 1.82) is 0 Å². The van der Waals surface area contributed by atoms with E-state index in [-0.39, 0.29) is 0 Å². The Balaban J connectivity index is 2.19. The lowest BCUT2D eigenvalue weighted by atomic mass is 9.87. The summed E-state index contributed by atoms with van der Waals surface area (Å²) in [6, 6.07) is 5.41. The molecule has 0 spiro atoms. The Morgan fingerprint density at radius 2 is 1.85 bits per heavy atom. The molecule has 1 aromatic rings. The Kier molecular flexibility index (Phi) is 5.81. The predicted octanol–water partition coefficient (Wildman–Crippen LogP) is 0.698. The van der Waals surface area contributed by atoms with Crippen LogP contribution in [0.5, 0.6) is 5.75 Å². The Morgan fingerprint density at radius 1 is 1.19 bits per heavy atom. The van der Waals surface area contributed by atoms with Crippen LogP contribution >= 0.6 is 0 Å². The van der Waals surface area contributed by atoms with Gasteiger partial charge in [0, 0.05) is 6.54 Å². The lowest BCUT2D eigenvalue weighted by Crippen LogP contribution is -2.47. The van der Waals surface area contributed by atoms with Gasteiger partial charge in [0.05, 0.1) is 7.11 Å². The lowest BCUT2D eigenvalue weighted by Gasteiger charge is -2.25. The van der Waals surface area contributed by atoms with E-state index < -0.39 is 36.0 Å². The highest BCUT2D eigenvalue weighted by Crippen LogP contribution is 2.33. The largest absolute Gasteiger partial charge is 0.497 e. The van der Waals surface area contributed by atoms with E-state index in [1.54, 1.807) is 38.1 Å². The summed E-state index contributed by atoms with van der Waals surface area (Å²) in [6.07, 6.45) is 0.304. The molecule has 2 rings (SSSR count). The molecule has 1 fully saturated rings. The minimum absolute atomic E-state index is 0.304. The lowest BCUT2D eigenvalue weighted by molar-refractivity contribution is -0.135. The highest BCUT2D eigenvalue weighted by atomic mass is 16.5. The Labute approximate surface area is 151 Å². The van der Waals surface area contributed by atoms with E-state index in [9.17, 15) is 19.2 Å². The molecule has 6 amide bonds. The maximum atomic E-state index is 12.9. The van der Waals surface area contributed by atoms with Crippen LogP contribution < -0.4 is 20.7 Å². The van der Waals surface area contributed by atoms with E-state index in [4.69, 9.17) is 4.74 Å². The molecule has 9 nitrogen and oxygen atoms in total. The van der Waals surface area contributed by atoms with Crippen molar-refractivity contribution in [2.45, 2.75) is 25.8 Å². The first kappa shape index (κ1) is 19.2.